The number of fused-ring (bicyclic) bond motifs is 1. The van der Waals surface area contributed by atoms with E-state index in [1.165, 1.54) is 4.90 Å². The number of esters is 1. The molecule has 0 radical (unpaired) electrons. The van der Waals surface area contributed by atoms with Crippen LogP contribution in [0.15, 0.2) is 30.3 Å². The minimum atomic E-state index is -0.718. The summed E-state index contributed by atoms with van der Waals surface area (Å²) < 4.78 is 10.5. The summed E-state index contributed by atoms with van der Waals surface area (Å²) in [5.41, 5.74) is 0.869. The summed E-state index contributed by atoms with van der Waals surface area (Å²) >= 11 is 0. The Labute approximate surface area is 140 Å². The van der Waals surface area contributed by atoms with Crippen molar-refractivity contribution in [1.82, 2.24) is 4.90 Å². The van der Waals surface area contributed by atoms with Gasteiger partial charge in [0.1, 0.15) is 18.4 Å². The lowest BCUT2D eigenvalue weighted by Crippen LogP contribution is -2.44. The second kappa shape index (κ2) is 7.03. The third-order valence-corrected chi connectivity index (χ3v) is 4.76. The number of ketones is 1. The fourth-order valence-corrected chi connectivity index (χ4v) is 3.63. The molecule has 1 aliphatic carbocycles. The van der Waals surface area contributed by atoms with Crippen molar-refractivity contribution in [1.29, 1.82) is 0 Å². The van der Waals surface area contributed by atoms with Crippen LogP contribution in [0.5, 0.6) is 0 Å². The van der Waals surface area contributed by atoms with E-state index in [-0.39, 0.29) is 37.4 Å². The van der Waals surface area contributed by atoms with Gasteiger partial charge in [0, 0.05) is 24.8 Å². The molecule has 1 aromatic carbocycles. The molecule has 2 fully saturated rings. The van der Waals surface area contributed by atoms with Crippen LogP contribution in [0.2, 0.25) is 0 Å². The molecule has 1 saturated heterocycles. The normalized spacial score (nSPS) is 25.5. The molecule has 6 heteroatoms. The zero-order chi connectivity index (χ0) is 17.1. The molecule has 1 saturated carbocycles. The molecule has 0 bridgehead atoms. The maximum atomic E-state index is 12.5. The van der Waals surface area contributed by atoms with Gasteiger partial charge in [-0.2, -0.15) is 0 Å². The van der Waals surface area contributed by atoms with Gasteiger partial charge < -0.3 is 9.47 Å². The van der Waals surface area contributed by atoms with Gasteiger partial charge in [0.05, 0.1) is 6.61 Å². The lowest BCUT2D eigenvalue weighted by atomic mass is 9.94. The number of carbonyl (C=O) groups excluding carboxylic acids is 3. The molecular weight excluding hydrogens is 310 g/mol. The second-order valence-corrected chi connectivity index (χ2v) is 6.16. The van der Waals surface area contributed by atoms with E-state index in [4.69, 9.17) is 9.47 Å². The smallest absolute Gasteiger partial charge is 0.410 e. The topological polar surface area (TPSA) is 72.9 Å². The fraction of sp³-hybridized carbons (Fsp3) is 0.500. The van der Waals surface area contributed by atoms with E-state index >= 15 is 0 Å². The van der Waals surface area contributed by atoms with Crippen LogP contribution in [0.25, 0.3) is 0 Å². The van der Waals surface area contributed by atoms with Gasteiger partial charge in [-0.15, -0.1) is 0 Å². The molecule has 0 N–H and O–H groups in total. The van der Waals surface area contributed by atoms with Gasteiger partial charge in [-0.25, -0.2) is 9.59 Å². The first-order valence-electron chi connectivity index (χ1n) is 8.28. The van der Waals surface area contributed by atoms with Crippen molar-refractivity contribution < 1.29 is 23.9 Å². The monoisotopic (exact) mass is 331 g/mol. The van der Waals surface area contributed by atoms with Crippen LogP contribution in [0.1, 0.15) is 25.3 Å². The minimum Gasteiger partial charge on any atom is -0.464 e. The lowest BCUT2D eigenvalue weighted by molar-refractivity contribution is -0.149. The van der Waals surface area contributed by atoms with Crippen LogP contribution in [0.4, 0.5) is 4.79 Å². The predicted octanol–water partition coefficient (Wildman–Crippen LogP) is 2.17. The third kappa shape index (κ3) is 3.13. The maximum Gasteiger partial charge on any atom is 0.410 e. The summed E-state index contributed by atoms with van der Waals surface area (Å²) in [7, 11) is 0. The molecule has 1 heterocycles. The predicted molar refractivity (Wildman–Crippen MR) is 85.0 cm³/mol. The molecule has 2 aliphatic rings. The summed E-state index contributed by atoms with van der Waals surface area (Å²) in [4.78, 5) is 38.1. The zero-order valence-corrected chi connectivity index (χ0v) is 13.6. The Morgan fingerprint density at radius 3 is 2.67 bits per heavy atom. The Hall–Kier alpha value is -2.37. The molecule has 0 unspecified atom stereocenters. The highest BCUT2D eigenvalue weighted by Gasteiger charge is 2.54. The Bertz CT molecular complexity index is 630. The van der Waals surface area contributed by atoms with Crippen molar-refractivity contribution in [2.24, 2.45) is 11.8 Å². The van der Waals surface area contributed by atoms with Gasteiger partial charge >= 0.3 is 12.1 Å². The van der Waals surface area contributed by atoms with Crippen LogP contribution in [-0.4, -0.2) is 41.9 Å². The van der Waals surface area contributed by atoms with Crippen LogP contribution >= 0.6 is 0 Å². The summed E-state index contributed by atoms with van der Waals surface area (Å²) in [6.45, 7) is 2.34. The zero-order valence-electron chi connectivity index (χ0n) is 13.6. The number of carbonyl (C=O) groups is 3. The molecule has 6 nitrogen and oxygen atoms in total. The van der Waals surface area contributed by atoms with E-state index in [1.54, 1.807) is 6.92 Å². The molecule has 3 rings (SSSR count). The molecule has 1 aliphatic heterocycles. The van der Waals surface area contributed by atoms with Crippen molar-refractivity contribution in [3.63, 3.8) is 0 Å². The number of likely N-dealkylation sites (tertiary alicyclic amines) is 1. The first-order chi connectivity index (χ1) is 11.6. The average molecular weight is 331 g/mol. The van der Waals surface area contributed by atoms with Gasteiger partial charge in [0.15, 0.2) is 0 Å². The Kier molecular flexibility index (Phi) is 4.83. The molecule has 128 valence electrons. The number of amides is 1. The summed E-state index contributed by atoms with van der Waals surface area (Å²) in [5, 5.41) is 0. The molecule has 24 heavy (non-hydrogen) atoms. The van der Waals surface area contributed by atoms with E-state index < -0.39 is 18.1 Å². The fourth-order valence-electron chi connectivity index (χ4n) is 3.63. The second-order valence-electron chi connectivity index (χ2n) is 6.16. The first-order valence-corrected chi connectivity index (χ1v) is 8.28. The van der Waals surface area contributed by atoms with Crippen LogP contribution in [-0.2, 0) is 25.7 Å². The molecular formula is C18H21NO5. The highest BCUT2D eigenvalue weighted by molar-refractivity contribution is 5.90. The van der Waals surface area contributed by atoms with E-state index in [2.05, 4.69) is 0 Å². The number of nitrogens with zero attached hydrogens (tertiary/aromatic N) is 1. The van der Waals surface area contributed by atoms with Gasteiger partial charge in [0.2, 0.25) is 0 Å². The average Bonchev–Trinajstić information content (AvgIpc) is 3.14. The van der Waals surface area contributed by atoms with Crippen LogP contribution in [0, 0.1) is 11.8 Å². The highest BCUT2D eigenvalue weighted by atomic mass is 16.6. The maximum absolute atomic E-state index is 12.5. The molecule has 3 atom stereocenters. The Morgan fingerprint density at radius 1 is 1.21 bits per heavy atom. The number of hydrogen-bond acceptors (Lipinski definition) is 5. The van der Waals surface area contributed by atoms with E-state index in [1.807, 2.05) is 30.3 Å². The number of Topliss-reactive ketones (excluding diaryl/α,β-unsaturated/α-hetero) is 1. The van der Waals surface area contributed by atoms with E-state index in [0.29, 0.717) is 12.8 Å². The largest absolute Gasteiger partial charge is 0.464 e. The van der Waals surface area contributed by atoms with Crippen molar-refractivity contribution in [3.05, 3.63) is 35.9 Å². The molecule has 1 amide bonds. The van der Waals surface area contributed by atoms with E-state index in [0.717, 1.165) is 5.56 Å². The Morgan fingerprint density at radius 2 is 1.96 bits per heavy atom. The van der Waals surface area contributed by atoms with Gasteiger partial charge in [-0.05, 0) is 18.9 Å². The number of ether oxygens (including phenoxy) is 2. The number of rotatable bonds is 4. The summed E-state index contributed by atoms with van der Waals surface area (Å²) in [5.74, 6) is -0.756. The standard InChI is InChI=1S/C18H21NO5/c1-2-23-17(21)16-13-8-9-15(20)14(13)10-19(16)18(22)24-11-12-6-4-3-5-7-12/h3-7,13-14,16H,2,8-11H2,1H3/t13-,14+,16-/m1/s1. The first kappa shape index (κ1) is 16.5. The summed E-state index contributed by atoms with van der Waals surface area (Å²) in [6, 6.07) is 8.61. The highest BCUT2D eigenvalue weighted by Crippen LogP contribution is 2.41. The van der Waals surface area contributed by atoms with Gasteiger partial charge in [-0.1, -0.05) is 30.3 Å². The van der Waals surface area contributed by atoms with Crippen molar-refractivity contribution in [2.75, 3.05) is 13.2 Å². The van der Waals surface area contributed by atoms with Gasteiger partial charge in [-0.3, -0.25) is 9.69 Å². The molecule has 1 aromatic rings. The van der Waals surface area contributed by atoms with Crippen molar-refractivity contribution in [2.45, 2.75) is 32.4 Å². The minimum absolute atomic E-state index is 0.118. The molecule has 0 spiro atoms. The molecule has 0 aromatic heterocycles. The number of benzene rings is 1. The SMILES string of the molecule is CCOC(=O)[C@H]1[C@@H]2CCC(=O)[C@H]2CN1C(=O)OCc1ccccc1. The summed E-state index contributed by atoms with van der Waals surface area (Å²) in [6.07, 6.45) is 0.521. The third-order valence-electron chi connectivity index (χ3n) is 4.76. The van der Waals surface area contributed by atoms with E-state index in [9.17, 15) is 14.4 Å². The van der Waals surface area contributed by atoms with Crippen LogP contribution < -0.4 is 0 Å². The van der Waals surface area contributed by atoms with Crippen molar-refractivity contribution >= 4 is 17.8 Å². The quantitative estimate of drug-likeness (QED) is 0.791. The Balaban J connectivity index is 1.71. The van der Waals surface area contributed by atoms with Gasteiger partial charge in [0.25, 0.3) is 0 Å². The van der Waals surface area contributed by atoms with Crippen molar-refractivity contribution in [3.8, 4) is 0 Å². The van der Waals surface area contributed by atoms with Crippen LogP contribution in [0.3, 0.4) is 0 Å². The number of hydrogen-bond donors (Lipinski definition) is 0. The lowest BCUT2D eigenvalue weighted by Gasteiger charge is -2.25.